The first-order valence-electron chi connectivity index (χ1n) is 9.07. The molecule has 0 aliphatic carbocycles. The predicted octanol–water partition coefficient (Wildman–Crippen LogP) is 4.81. The van der Waals surface area contributed by atoms with Crippen LogP contribution in [0.2, 0.25) is 0 Å². The number of thioether (sulfide) groups is 1. The Labute approximate surface area is 177 Å². The quantitative estimate of drug-likeness (QED) is 0.301. The number of amides is 1. The highest BCUT2D eigenvalue weighted by atomic mass is 32.2. The predicted molar refractivity (Wildman–Crippen MR) is 115 cm³/mol. The van der Waals surface area contributed by atoms with Crippen LogP contribution in [0.15, 0.2) is 52.9 Å². The summed E-state index contributed by atoms with van der Waals surface area (Å²) >= 11 is 2.90. The zero-order valence-electron chi connectivity index (χ0n) is 15.9. The maximum atomic E-state index is 12.1. The van der Waals surface area contributed by atoms with Gasteiger partial charge < -0.3 is 10.1 Å². The lowest BCUT2D eigenvalue weighted by molar-refractivity contribution is -0.116. The Kier molecular flexibility index (Phi) is 7.61. The molecule has 0 saturated carbocycles. The smallest absolute Gasteiger partial charge is 0.226 e. The maximum absolute atomic E-state index is 12.1. The van der Waals surface area contributed by atoms with E-state index in [0.29, 0.717) is 30.1 Å². The molecule has 6 nitrogen and oxygen atoms in total. The Bertz CT molecular complexity index is 996. The van der Waals surface area contributed by atoms with E-state index in [0.717, 1.165) is 27.0 Å². The van der Waals surface area contributed by atoms with E-state index in [1.807, 2.05) is 43.3 Å². The zero-order chi connectivity index (χ0) is 20.5. The number of carbonyl (C=O) groups excluding carboxylic acids is 1. The third-order valence-electron chi connectivity index (χ3n) is 3.90. The maximum Gasteiger partial charge on any atom is 0.226 e. The van der Waals surface area contributed by atoms with Crippen molar-refractivity contribution >= 4 is 34.1 Å². The molecule has 1 heterocycles. The lowest BCUT2D eigenvalue weighted by Crippen LogP contribution is -2.12. The molecule has 0 unspecified atom stereocenters. The molecule has 148 valence electrons. The molecule has 0 bridgehead atoms. The first kappa shape index (κ1) is 20.8. The van der Waals surface area contributed by atoms with Crippen LogP contribution in [-0.4, -0.2) is 22.7 Å². The van der Waals surface area contributed by atoms with Crippen LogP contribution in [0.3, 0.4) is 0 Å². The molecule has 8 heteroatoms. The molecule has 0 radical (unpaired) electrons. The highest BCUT2D eigenvalue weighted by molar-refractivity contribution is 8.00. The second-order valence-corrected chi connectivity index (χ2v) is 8.49. The van der Waals surface area contributed by atoms with Gasteiger partial charge in [-0.25, -0.2) is 0 Å². The zero-order valence-corrected chi connectivity index (χ0v) is 17.6. The molecule has 3 rings (SSSR count). The minimum Gasteiger partial charge on any atom is -0.494 e. The van der Waals surface area contributed by atoms with Gasteiger partial charge in [-0.2, -0.15) is 5.26 Å². The molecule has 0 aliphatic rings. The number of nitrogens with zero attached hydrogens (tertiary/aromatic N) is 3. The summed E-state index contributed by atoms with van der Waals surface area (Å²) in [7, 11) is 0. The lowest BCUT2D eigenvalue weighted by Gasteiger charge is -2.06. The average molecular weight is 425 g/mol. The molecule has 0 saturated heterocycles. The van der Waals surface area contributed by atoms with E-state index in [4.69, 9.17) is 10.00 Å². The summed E-state index contributed by atoms with van der Waals surface area (Å²) in [5.41, 5.74) is 2.89. The van der Waals surface area contributed by atoms with Gasteiger partial charge in [0.1, 0.15) is 5.75 Å². The van der Waals surface area contributed by atoms with Crippen LogP contribution >= 0.6 is 23.1 Å². The van der Waals surface area contributed by atoms with Crippen molar-refractivity contribution in [2.75, 3.05) is 11.9 Å². The fourth-order valence-electron chi connectivity index (χ4n) is 2.45. The molecule has 3 aromatic rings. The molecule has 1 N–H and O–H groups in total. The topological polar surface area (TPSA) is 87.9 Å². The molecule has 0 fully saturated rings. The van der Waals surface area contributed by atoms with E-state index in [-0.39, 0.29) is 5.91 Å². The second kappa shape index (κ2) is 10.6. The molecule has 0 atom stereocenters. The van der Waals surface area contributed by atoms with Gasteiger partial charge in [0.15, 0.2) is 4.34 Å². The normalized spacial score (nSPS) is 10.3. The molecule has 1 aromatic heterocycles. The molecule has 29 heavy (non-hydrogen) atoms. The number of carbonyl (C=O) groups is 1. The van der Waals surface area contributed by atoms with E-state index in [1.165, 1.54) is 11.3 Å². The van der Waals surface area contributed by atoms with Gasteiger partial charge in [0.05, 0.1) is 18.2 Å². The number of rotatable bonds is 9. The van der Waals surface area contributed by atoms with Crippen molar-refractivity contribution in [1.29, 1.82) is 5.26 Å². The van der Waals surface area contributed by atoms with Crippen molar-refractivity contribution in [3.63, 3.8) is 0 Å². The number of aromatic nitrogens is 2. The number of hydrogen-bond donors (Lipinski definition) is 1. The number of benzene rings is 2. The standard InChI is InChI=1S/C21H20N4O2S2/c1-15-4-2-5-18(12-15)27-11-3-6-19(26)23-20-24-25-21(29-20)28-14-17-9-7-16(13-22)8-10-17/h2,4-5,7-10,12H,3,6,11,14H2,1H3,(H,23,24,26). The van der Waals surface area contributed by atoms with Gasteiger partial charge in [0, 0.05) is 12.2 Å². The van der Waals surface area contributed by atoms with Gasteiger partial charge in [-0.1, -0.05) is 47.4 Å². The van der Waals surface area contributed by atoms with Gasteiger partial charge in [-0.05, 0) is 48.7 Å². The Balaban J connectivity index is 1.37. The number of nitriles is 1. The number of anilines is 1. The fourth-order valence-corrected chi connectivity index (χ4v) is 4.17. The molecular formula is C21H20N4O2S2. The lowest BCUT2D eigenvalue weighted by atomic mass is 10.2. The number of hydrogen-bond acceptors (Lipinski definition) is 7. The van der Waals surface area contributed by atoms with Crippen LogP contribution < -0.4 is 10.1 Å². The average Bonchev–Trinajstić information content (AvgIpc) is 3.17. The monoisotopic (exact) mass is 424 g/mol. The third-order valence-corrected chi connectivity index (χ3v) is 5.95. The van der Waals surface area contributed by atoms with E-state index in [2.05, 4.69) is 21.6 Å². The Hall–Kier alpha value is -2.89. The highest BCUT2D eigenvalue weighted by Crippen LogP contribution is 2.28. The summed E-state index contributed by atoms with van der Waals surface area (Å²) in [4.78, 5) is 12.1. The number of nitrogens with one attached hydrogen (secondary N) is 1. The largest absolute Gasteiger partial charge is 0.494 e. The van der Waals surface area contributed by atoms with Crippen LogP contribution in [-0.2, 0) is 10.5 Å². The molecular weight excluding hydrogens is 404 g/mol. The molecule has 0 spiro atoms. The van der Waals surface area contributed by atoms with Gasteiger partial charge in [0.2, 0.25) is 11.0 Å². The van der Waals surface area contributed by atoms with Crippen molar-refractivity contribution in [1.82, 2.24) is 10.2 Å². The van der Waals surface area contributed by atoms with Crippen molar-refractivity contribution in [3.8, 4) is 11.8 Å². The second-order valence-electron chi connectivity index (χ2n) is 6.29. The number of aryl methyl sites for hydroxylation is 1. The van der Waals surface area contributed by atoms with Crippen LogP contribution in [0.5, 0.6) is 5.75 Å². The SMILES string of the molecule is Cc1cccc(OCCCC(=O)Nc2nnc(SCc3ccc(C#N)cc3)s2)c1. The van der Waals surface area contributed by atoms with Crippen LogP contribution in [0, 0.1) is 18.3 Å². The minimum atomic E-state index is -0.0994. The Morgan fingerprint density at radius 1 is 1.24 bits per heavy atom. The molecule has 2 aromatic carbocycles. The van der Waals surface area contributed by atoms with E-state index in [1.54, 1.807) is 23.9 Å². The van der Waals surface area contributed by atoms with Crippen molar-refractivity contribution < 1.29 is 9.53 Å². The van der Waals surface area contributed by atoms with E-state index in [9.17, 15) is 4.79 Å². The summed E-state index contributed by atoms with van der Waals surface area (Å²) in [5.74, 6) is 1.45. The summed E-state index contributed by atoms with van der Waals surface area (Å²) in [6, 6.07) is 17.4. The van der Waals surface area contributed by atoms with Crippen molar-refractivity contribution in [3.05, 3.63) is 65.2 Å². The summed E-state index contributed by atoms with van der Waals surface area (Å²) in [5, 5.41) is 20.2. The van der Waals surface area contributed by atoms with Crippen LogP contribution in [0.1, 0.15) is 29.5 Å². The Morgan fingerprint density at radius 3 is 2.83 bits per heavy atom. The van der Waals surface area contributed by atoms with Gasteiger partial charge in [-0.15, -0.1) is 10.2 Å². The summed E-state index contributed by atoms with van der Waals surface area (Å²) < 4.78 is 6.44. The van der Waals surface area contributed by atoms with Crippen LogP contribution in [0.4, 0.5) is 5.13 Å². The first-order valence-corrected chi connectivity index (χ1v) is 10.9. The summed E-state index contributed by atoms with van der Waals surface area (Å²) in [6.07, 6.45) is 0.984. The van der Waals surface area contributed by atoms with Gasteiger partial charge in [-0.3, -0.25) is 4.79 Å². The minimum absolute atomic E-state index is 0.0994. The summed E-state index contributed by atoms with van der Waals surface area (Å²) in [6.45, 7) is 2.50. The molecule has 0 aliphatic heterocycles. The van der Waals surface area contributed by atoms with Gasteiger partial charge >= 0.3 is 0 Å². The van der Waals surface area contributed by atoms with E-state index >= 15 is 0 Å². The van der Waals surface area contributed by atoms with Crippen LogP contribution in [0.25, 0.3) is 0 Å². The van der Waals surface area contributed by atoms with Crippen molar-refractivity contribution in [2.24, 2.45) is 0 Å². The highest BCUT2D eigenvalue weighted by Gasteiger charge is 2.09. The Morgan fingerprint density at radius 2 is 2.07 bits per heavy atom. The van der Waals surface area contributed by atoms with E-state index < -0.39 is 0 Å². The number of ether oxygens (including phenoxy) is 1. The third kappa shape index (κ3) is 6.89. The van der Waals surface area contributed by atoms with Gasteiger partial charge in [0.25, 0.3) is 0 Å². The van der Waals surface area contributed by atoms with Crippen molar-refractivity contribution in [2.45, 2.75) is 29.9 Å². The fraction of sp³-hybridized carbons (Fsp3) is 0.238. The first-order chi connectivity index (χ1) is 14.1. The molecule has 1 amide bonds.